The summed E-state index contributed by atoms with van der Waals surface area (Å²) in [5, 5.41) is 5.97. The van der Waals surface area contributed by atoms with E-state index in [-0.39, 0.29) is 18.0 Å². The van der Waals surface area contributed by atoms with E-state index in [1.165, 1.54) is 18.2 Å². The highest BCUT2D eigenvalue weighted by Crippen LogP contribution is 2.35. The monoisotopic (exact) mass is 404 g/mol. The van der Waals surface area contributed by atoms with Crippen LogP contribution in [0, 0.1) is 20.8 Å². The number of carbonyl (C=O) groups is 1. The van der Waals surface area contributed by atoms with Crippen LogP contribution in [0.5, 0.6) is 5.75 Å². The fourth-order valence-electron chi connectivity index (χ4n) is 2.87. The number of ether oxygens (including phenoxy) is 1. The Morgan fingerprint density at radius 1 is 1.14 bits per heavy atom. The lowest BCUT2D eigenvalue weighted by molar-refractivity contribution is -0.136. The van der Waals surface area contributed by atoms with Gasteiger partial charge in [-0.3, -0.25) is 4.79 Å². The molecule has 2 aromatic carbocycles. The predicted octanol–water partition coefficient (Wildman–Crippen LogP) is 5.45. The maximum atomic E-state index is 13.2. The summed E-state index contributed by atoms with van der Waals surface area (Å²) in [5.74, 6) is 0.173. The minimum absolute atomic E-state index is 0.0110. The van der Waals surface area contributed by atoms with Gasteiger partial charge in [0.05, 0.1) is 16.8 Å². The molecule has 152 valence electrons. The molecule has 1 amide bonds. The molecule has 8 heteroatoms. The number of hydrogen-bond acceptors (Lipinski definition) is 4. The minimum Gasteiger partial charge on any atom is -0.488 e. The first-order chi connectivity index (χ1) is 13.7. The molecule has 0 bridgehead atoms. The van der Waals surface area contributed by atoms with Crippen molar-refractivity contribution in [1.82, 2.24) is 5.16 Å². The molecule has 29 heavy (non-hydrogen) atoms. The Bertz CT molecular complexity index is 1040. The second kappa shape index (κ2) is 7.98. The maximum absolute atomic E-state index is 13.2. The minimum atomic E-state index is -4.60. The number of amides is 1. The van der Waals surface area contributed by atoms with Crippen LogP contribution in [0.2, 0.25) is 0 Å². The first-order valence-corrected chi connectivity index (χ1v) is 8.79. The van der Waals surface area contributed by atoms with Gasteiger partial charge >= 0.3 is 6.18 Å². The Hall–Kier alpha value is -3.29. The topological polar surface area (TPSA) is 64.4 Å². The number of aromatic nitrogens is 1. The van der Waals surface area contributed by atoms with Crippen molar-refractivity contribution in [2.24, 2.45) is 0 Å². The second-order valence-electron chi connectivity index (χ2n) is 6.62. The number of benzene rings is 2. The van der Waals surface area contributed by atoms with Gasteiger partial charge in [0, 0.05) is 0 Å². The lowest BCUT2D eigenvalue weighted by atomic mass is 10.1. The third-order valence-electron chi connectivity index (χ3n) is 4.38. The second-order valence-corrected chi connectivity index (χ2v) is 6.62. The molecule has 1 N–H and O–H groups in total. The number of rotatable bonds is 5. The van der Waals surface area contributed by atoms with Crippen LogP contribution >= 0.6 is 0 Å². The van der Waals surface area contributed by atoms with Crippen molar-refractivity contribution in [3.05, 3.63) is 76.2 Å². The quantitative estimate of drug-likeness (QED) is 0.614. The van der Waals surface area contributed by atoms with Gasteiger partial charge in [-0.2, -0.15) is 13.2 Å². The average Bonchev–Trinajstić information content (AvgIpc) is 3.01. The highest BCUT2D eigenvalue weighted by atomic mass is 19.4. The zero-order valence-corrected chi connectivity index (χ0v) is 16.1. The van der Waals surface area contributed by atoms with E-state index in [0.717, 1.165) is 17.2 Å². The SMILES string of the molecule is Cc1ccc(OCc2c(C(=O)Nc3ccccc3C(F)(F)F)noc2C)c(C)c1. The maximum Gasteiger partial charge on any atom is 0.418 e. The summed E-state index contributed by atoms with van der Waals surface area (Å²) in [6.45, 7) is 5.45. The average molecular weight is 404 g/mol. The number of hydrogen-bond donors (Lipinski definition) is 1. The Balaban J connectivity index is 1.81. The van der Waals surface area contributed by atoms with Gasteiger partial charge in [0.15, 0.2) is 5.69 Å². The van der Waals surface area contributed by atoms with Crippen molar-refractivity contribution in [3.63, 3.8) is 0 Å². The van der Waals surface area contributed by atoms with Gasteiger partial charge in [-0.25, -0.2) is 0 Å². The molecule has 0 saturated heterocycles. The molecule has 3 rings (SSSR count). The molecule has 5 nitrogen and oxygen atoms in total. The molecule has 0 fully saturated rings. The molecule has 0 aliphatic carbocycles. The van der Waals surface area contributed by atoms with Crippen molar-refractivity contribution in [3.8, 4) is 5.75 Å². The van der Waals surface area contributed by atoms with Crippen LogP contribution < -0.4 is 10.1 Å². The highest BCUT2D eigenvalue weighted by molar-refractivity contribution is 6.04. The van der Waals surface area contributed by atoms with E-state index >= 15 is 0 Å². The molecule has 0 atom stereocenters. The van der Waals surface area contributed by atoms with Crippen LogP contribution in [0.4, 0.5) is 18.9 Å². The smallest absolute Gasteiger partial charge is 0.418 e. The summed E-state index contributed by atoms with van der Waals surface area (Å²) in [4.78, 5) is 12.6. The first-order valence-electron chi connectivity index (χ1n) is 8.79. The molecule has 1 heterocycles. The van der Waals surface area contributed by atoms with Crippen molar-refractivity contribution < 1.29 is 27.2 Å². The molecule has 0 radical (unpaired) electrons. The number of carbonyl (C=O) groups excluding carboxylic acids is 1. The molecule has 0 saturated carbocycles. The summed E-state index contributed by atoms with van der Waals surface area (Å²) in [6, 6.07) is 10.4. The van der Waals surface area contributed by atoms with E-state index in [4.69, 9.17) is 9.26 Å². The van der Waals surface area contributed by atoms with Crippen LogP contribution in [0.15, 0.2) is 47.0 Å². The first kappa shape index (κ1) is 20.4. The Morgan fingerprint density at radius 3 is 2.55 bits per heavy atom. The van der Waals surface area contributed by atoms with E-state index in [2.05, 4.69) is 10.5 Å². The summed E-state index contributed by atoms with van der Waals surface area (Å²) in [7, 11) is 0. The van der Waals surface area contributed by atoms with Crippen molar-refractivity contribution in [2.45, 2.75) is 33.6 Å². The standard InChI is InChI=1S/C21H19F3N2O3/c1-12-8-9-18(13(2)10-12)28-11-15-14(3)29-26-19(15)20(27)25-17-7-5-4-6-16(17)21(22,23)24/h4-10H,11H2,1-3H3,(H,25,27). The lowest BCUT2D eigenvalue weighted by Gasteiger charge is -2.13. The molecule has 0 aliphatic rings. The molecular formula is C21H19F3N2O3. The lowest BCUT2D eigenvalue weighted by Crippen LogP contribution is -2.18. The number of nitrogens with one attached hydrogen (secondary N) is 1. The Kier molecular flexibility index (Phi) is 5.63. The van der Waals surface area contributed by atoms with Crippen LogP contribution in [0.3, 0.4) is 0 Å². The molecule has 1 aromatic heterocycles. The molecule has 0 aliphatic heterocycles. The van der Waals surface area contributed by atoms with E-state index in [9.17, 15) is 18.0 Å². The van der Waals surface area contributed by atoms with Crippen molar-refractivity contribution in [2.75, 3.05) is 5.32 Å². The Morgan fingerprint density at radius 2 is 1.86 bits per heavy atom. The normalized spacial score (nSPS) is 11.4. The van der Waals surface area contributed by atoms with Crippen molar-refractivity contribution >= 4 is 11.6 Å². The zero-order chi connectivity index (χ0) is 21.2. The van der Waals surface area contributed by atoms with Crippen molar-refractivity contribution in [1.29, 1.82) is 0 Å². The van der Waals surface area contributed by atoms with Gasteiger partial charge in [-0.1, -0.05) is 35.0 Å². The van der Waals surface area contributed by atoms with Crippen LogP contribution in [-0.4, -0.2) is 11.1 Å². The van der Waals surface area contributed by atoms with Gasteiger partial charge in [0.1, 0.15) is 18.1 Å². The largest absolute Gasteiger partial charge is 0.488 e. The molecule has 3 aromatic rings. The third kappa shape index (κ3) is 4.59. The molecular weight excluding hydrogens is 385 g/mol. The van der Waals surface area contributed by atoms with E-state index in [1.807, 2.05) is 32.0 Å². The van der Waals surface area contributed by atoms with E-state index in [0.29, 0.717) is 17.1 Å². The fraction of sp³-hybridized carbons (Fsp3) is 0.238. The Labute approximate surface area is 165 Å². The van der Waals surface area contributed by atoms with Gasteiger partial charge in [-0.05, 0) is 44.5 Å². The summed E-state index contributed by atoms with van der Waals surface area (Å²) in [6.07, 6.45) is -4.60. The number of halogens is 3. The number of aryl methyl sites for hydroxylation is 3. The predicted molar refractivity (Wildman–Crippen MR) is 101 cm³/mol. The summed E-state index contributed by atoms with van der Waals surface area (Å²) < 4.78 is 50.3. The fourth-order valence-corrected chi connectivity index (χ4v) is 2.87. The number of nitrogens with zero attached hydrogens (tertiary/aromatic N) is 1. The van der Waals surface area contributed by atoms with Gasteiger partial charge in [-0.15, -0.1) is 0 Å². The highest BCUT2D eigenvalue weighted by Gasteiger charge is 2.34. The van der Waals surface area contributed by atoms with E-state index in [1.54, 1.807) is 6.92 Å². The van der Waals surface area contributed by atoms with Crippen LogP contribution in [0.1, 0.15) is 38.5 Å². The molecule has 0 spiro atoms. The number of alkyl halides is 3. The molecule has 0 unspecified atom stereocenters. The van der Waals surface area contributed by atoms with Crippen LogP contribution in [-0.2, 0) is 12.8 Å². The summed E-state index contributed by atoms with van der Waals surface area (Å²) >= 11 is 0. The third-order valence-corrected chi connectivity index (χ3v) is 4.38. The summed E-state index contributed by atoms with van der Waals surface area (Å²) in [5.41, 5.74) is 0.952. The number of para-hydroxylation sites is 1. The van der Waals surface area contributed by atoms with Gasteiger partial charge in [0.2, 0.25) is 0 Å². The number of anilines is 1. The van der Waals surface area contributed by atoms with Gasteiger partial charge in [0.25, 0.3) is 5.91 Å². The van der Waals surface area contributed by atoms with Crippen LogP contribution in [0.25, 0.3) is 0 Å². The van der Waals surface area contributed by atoms with Gasteiger partial charge < -0.3 is 14.6 Å². The zero-order valence-electron chi connectivity index (χ0n) is 16.1. The van der Waals surface area contributed by atoms with E-state index < -0.39 is 17.6 Å².